The van der Waals surface area contributed by atoms with Crippen molar-refractivity contribution >= 4 is 33.8 Å². The molecule has 0 unspecified atom stereocenters. The molecular weight excluding hydrogens is 400 g/mol. The maximum Gasteiger partial charge on any atom is 0.291 e. The lowest BCUT2D eigenvalue weighted by molar-refractivity contribution is 0.0771. The first kappa shape index (κ1) is 19.7. The fourth-order valence-corrected chi connectivity index (χ4v) is 4.25. The van der Waals surface area contributed by atoms with E-state index in [2.05, 4.69) is 16.3 Å². The maximum atomic E-state index is 13.0. The van der Waals surface area contributed by atoms with Crippen LogP contribution in [0.15, 0.2) is 59.2 Å². The number of amides is 2. The maximum absolute atomic E-state index is 13.0. The van der Waals surface area contributed by atoms with Crippen molar-refractivity contribution in [3.63, 3.8) is 0 Å². The highest BCUT2D eigenvalue weighted by atomic mass is 32.1. The van der Waals surface area contributed by atoms with Crippen LogP contribution in [-0.4, -0.2) is 42.9 Å². The molecule has 4 rings (SSSR count). The van der Waals surface area contributed by atoms with Crippen LogP contribution in [0.25, 0.3) is 0 Å². The van der Waals surface area contributed by atoms with Crippen LogP contribution in [0.5, 0.6) is 0 Å². The van der Waals surface area contributed by atoms with E-state index in [9.17, 15) is 9.59 Å². The van der Waals surface area contributed by atoms with Crippen molar-refractivity contribution in [2.24, 2.45) is 0 Å². The summed E-state index contributed by atoms with van der Waals surface area (Å²) in [5, 5.41) is 12.3. The number of thiophene rings is 1. The average Bonchev–Trinajstić information content (AvgIpc) is 3.41. The standard InChI is InChI=1S/C22H20N4O3S/c23-15-16-4-6-17(7-5-16)25-10-2-11-26(13-12-25)22(28)19-8-9-20(30-19)24-21(27)18-3-1-14-29-18/h1,3-9,14H,2,10-13H2,(H,24,27). The van der Waals surface area contributed by atoms with Crippen molar-refractivity contribution in [3.8, 4) is 6.07 Å². The first-order valence-electron chi connectivity index (χ1n) is 9.63. The Labute approximate surface area is 178 Å². The molecule has 1 fully saturated rings. The van der Waals surface area contributed by atoms with Crippen LogP contribution in [-0.2, 0) is 0 Å². The van der Waals surface area contributed by atoms with Gasteiger partial charge in [0.2, 0.25) is 0 Å². The second-order valence-corrected chi connectivity index (χ2v) is 7.97. The Balaban J connectivity index is 1.37. The molecule has 1 saturated heterocycles. The van der Waals surface area contributed by atoms with Gasteiger partial charge >= 0.3 is 0 Å². The molecule has 1 aliphatic heterocycles. The molecule has 8 heteroatoms. The zero-order valence-electron chi connectivity index (χ0n) is 16.2. The second kappa shape index (κ2) is 8.84. The molecule has 1 aromatic carbocycles. The van der Waals surface area contributed by atoms with Gasteiger partial charge in [0.25, 0.3) is 11.8 Å². The minimum atomic E-state index is -0.339. The van der Waals surface area contributed by atoms with Gasteiger partial charge in [0.05, 0.1) is 27.8 Å². The van der Waals surface area contributed by atoms with Crippen molar-refractivity contribution in [3.05, 3.63) is 71.0 Å². The highest BCUT2D eigenvalue weighted by Gasteiger charge is 2.22. The van der Waals surface area contributed by atoms with Gasteiger partial charge in [-0.3, -0.25) is 9.59 Å². The Morgan fingerprint density at radius 3 is 2.60 bits per heavy atom. The molecule has 0 saturated carbocycles. The van der Waals surface area contributed by atoms with Gasteiger partial charge in [-0.05, 0) is 55.0 Å². The summed E-state index contributed by atoms with van der Waals surface area (Å²) in [6, 6.07) is 16.4. The summed E-state index contributed by atoms with van der Waals surface area (Å²) in [6.45, 7) is 2.87. The van der Waals surface area contributed by atoms with Gasteiger partial charge in [0.1, 0.15) is 0 Å². The number of nitriles is 1. The van der Waals surface area contributed by atoms with E-state index >= 15 is 0 Å². The van der Waals surface area contributed by atoms with Gasteiger partial charge < -0.3 is 19.5 Å². The minimum absolute atomic E-state index is 0.0276. The lowest BCUT2D eigenvalue weighted by atomic mass is 10.2. The molecule has 2 amide bonds. The number of hydrogen-bond donors (Lipinski definition) is 1. The molecule has 7 nitrogen and oxygen atoms in total. The first-order chi connectivity index (χ1) is 14.6. The van der Waals surface area contributed by atoms with Crippen LogP contribution < -0.4 is 10.2 Å². The zero-order valence-corrected chi connectivity index (χ0v) is 17.0. The first-order valence-corrected chi connectivity index (χ1v) is 10.4. The summed E-state index contributed by atoms with van der Waals surface area (Å²) >= 11 is 1.26. The number of hydrogen-bond acceptors (Lipinski definition) is 6. The van der Waals surface area contributed by atoms with Crippen LogP contribution in [0.3, 0.4) is 0 Å². The Morgan fingerprint density at radius 2 is 1.87 bits per heavy atom. The molecule has 3 aromatic rings. The smallest absolute Gasteiger partial charge is 0.291 e. The van der Waals surface area contributed by atoms with Crippen LogP contribution in [0, 0.1) is 11.3 Å². The Hall–Kier alpha value is -3.57. The van der Waals surface area contributed by atoms with E-state index in [0.717, 1.165) is 25.2 Å². The van der Waals surface area contributed by atoms with Crippen molar-refractivity contribution in [2.45, 2.75) is 6.42 Å². The highest BCUT2D eigenvalue weighted by Crippen LogP contribution is 2.25. The van der Waals surface area contributed by atoms with Gasteiger partial charge in [0.15, 0.2) is 5.76 Å². The summed E-state index contributed by atoms with van der Waals surface area (Å²) in [7, 11) is 0. The van der Waals surface area contributed by atoms with Gasteiger partial charge in [-0.2, -0.15) is 5.26 Å². The predicted molar refractivity (Wildman–Crippen MR) is 115 cm³/mol. The van der Waals surface area contributed by atoms with E-state index < -0.39 is 0 Å². The summed E-state index contributed by atoms with van der Waals surface area (Å²) in [5.41, 5.74) is 1.69. The summed E-state index contributed by atoms with van der Waals surface area (Å²) in [5.74, 6) is -0.138. The number of anilines is 2. The van der Waals surface area contributed by atoms with Gasteiger partial charge in [-0.25, -0.2) is 0 Å². The fourth-order valence-electron chi connectivity index (χ4n) is 3.38. The van der Waals surface area contributed by atoms with Crippen molar-refractivity contribution in [2.75, 3.05) is 36.4 Å². The number of benzene rings is 1. The number of carbonyl (C=O) groups is 2. The molecule has 0 spiro atoms. The highest BCUT2D eigenvalue weighted by molar-refractivity contribution is 7.18. The number of carbonyl (C=O) groups excluding carboxylic acids is 2. The van der Waals surface area contributed by atoms with E-state index in [4.69, 9.17) is 9.68 Å². The second-order valence-electron chi connectivity index (χ2n) is 6.89. The molecule has 1 aliphatic rings. The van der Waals surface area contributed by atoms with Gasteiger partial charge in [-0.15, -0.1) is 11.3 Å². The molecule has 0 bridgehead atoms. The van der Waals surface area contributed by atoms with Gasteiger partial charge in [-0.1, -0.05) is 0 Å². The number of furan rings is 1. The summed E-state index contributed by atoms with van der Waals surface area (Å²) < 4.78 is 5.09. The number of nitrogens with one attached hydrogen (secondary N) is 1. The predicted octanol–water partition coefficient (Wildman–Crippen LogP) is 3.82. The number of nitrogens with zero attached hydrogens (tertiary/aromatic N) is 3. The quantitative estimate of drug-likeness (QED) is 0.693. The molecule has 2 aromatic heterocycles. The number of rotatable bonds is 4. The zero-order chi connectivity index (χ0) is 20.9. The van der Waals surface area contributed by atoms with Crippen LogP contribution in [0.1, 0.15) is 32.2 Å². The lowest BCUT2D eigenvalue weighted by Gasteiger charge is -2.23. The Morgan fingerprint density at radius 1 is 1.03 bits per heavy atom. The SMILES string of the molecule is N#Cc1ccc(N2CCCN(C(=O)c3ccc(NC(=O)c4ccco4)s3)CC2)cc1. The van der Waals surface area contributed by atoms with Crippen molar-refractivity contribution in [1.82, 2.24) is 4.90 Å². The largest absolute Gasteiger partial charge is 0.459 e. The van der Waals surface area contributed by atoms with Crippen LogP contribution in [0.2, 0.25) is 0 Å². The normalized spacial score (nSPS) is 14.1. The molecule has 3 heterocycles. The van der Waals surface area contributed by atoms with E-state index in [1.165, 1.54) is 17.6 Å². The molecular formula is C22H20N4O3S. The minimum Gasteiger partial charge on any atom is -0.459 e. The molecule has 0 aliphatic carbocycles. The topological polar surface area (TPSA) is 89.6 Å². The molecule has 0 radical (unpaired) electrons. The molecule has 30 heavy (non-hydrogen) atoms. The summed E-state index contributed by atoms with van der Waals surface area (Å²) in [6.07, 6.45) is 2.30. The summed E-state index contributed by atoms with van der Waals surface area (Å²) in [4.78, 5) is 29.7. The Kier molecular flexibility index (Phi) is 5.82. The van der Waals surface area contributed by atoms with Crippen molar-refractivity contribution in [1.29, 1.82) is 5.26 Å². The third kappa shape index (κ3) is 4.36. The van der Waals surface area contributed by atoms with Crippen LogP contribution in [0.4, 0.5) is 10.7 Å². The Bertz CT molecular complexity index is 1070. The average molecular weight is 420 g/mol. The third-order valence-corrected chi connectivity index (χ3v) is 5.93. The van der Waals surface area contributed by atoms with Crippen molar-refractivity contribution < 1.29 is 14.0 Å². The monoisotopic (exact) mass is 420 g/mol. The van der Waals surface area contributed by atoms with E-state index in [1.807, 2.05) is 29.2 Å². The van der Waals surface area contributed by atoms with E-state index in [1.54, 1.807) is 24.3 Å². The molecule has 1 N–H and O–H groups in total. The lowest BCUT2D eigenvalue weighted by Crippen LogP contribution is -2.34. The van der Waals surface area contributed by atoms with E-state index in [-0.39, 0.29) is 17.6 Å². The fraction of sp³-hybridized carbons (Fsp3) is 0.227. The third-order valence-electron chi connectivity index (χ3n) is 4.94. The molecule has 0 atom stereocenters. The van der Waals surface area contributed by atoms with E-state index in [0.29, 0.717) is 28.5 Å². The molecule has 152 valence electrons. The van der Waals surface area contributed by atoms with Gasteiger partial charge in [0, 0.05) is 31.9 Å². The van der Waals surface area contributed by atoms with Crippen LogP contribution >= 0.6 is 11.3 Å².